The highest BCUT2D eigenvalue weighted by molar-refractivity contribution is 7.10. The minimum atomic E-state index is -1.45. The lowest BCUT2D eigenvalue weighted by atomic mass is 9.80. The molecule has 106 valence electrons. The van der Waals surface area contributed by atoms with E-state index in [9.17, 15) is 13.2 Å². The van der Waals surface area contributed by atoms with Gasteiger partial charge >= 0.3 is 0 Å². The molecule has 1 aromatic carbocycles. The van der Waals surface area contributed by atoms with Crippen molar-refractivity contribution in [2.24, 2.45) is 5.73 Å². The van der Waals surface area contributed by atoms with E-state index in [1.807, 2.05) is 11.4 Å². The Hall–Kier alpha value is -1.33. The van der Waals surface area contributed by atoms with Gasteiger partial charge in [0.25, 0.3) is 0 Å². The second-order valence-corrected chi connectivity index (χ2v) is 6.09. The minimum absolute atomic E-state index is 0.0376. The van der Waals surface area contributed by atoms with Crippen molar-refractivity contribution in [3.8, 4) is 0 Å². The van der Waals surface area contributed by atoms with Gasteiger partial charge in [0.05, 0.1) is 0 Å². The molecular formula is C15H14F3NS. The van der Waals surface area contributed by atoms with Gasteiger partial charge in [-0.25, -0.2) is 13.2 Å². The Morgan fingerprint density at radius 2 is 1.95 bits per heavy atom. The molecule has 5 heteroatoms. The Labute approximate surface area is 119 Å². The summed E-state index contributed by atoms with van der Waals surface area (Å²) in [6.07, 6.45) is 2.83. The van der Waals surface area contributed by atoms with E-state index in [0.29, 0.717) is 0 Å². The number of rotatable bonds is 2. The Balaban J connectivity index is 1.99. The summed E-state index contributed by atoms with van der Waals surface area (Å²) in [6.45, 7) is 0. The molecule has 20 heavy (non-hydrogen) atoms. The first-order valence-corrected chi connectivity index (χ1v) is 7.42. The lowest BCUT2D eigenvalue weighted by Crippen LogP contribution is -2.24. The third-order valence-corrected chi connectivity index (χ3v) is 4.95. The second-order valence-electron chi connectivity index (χ2n) is 5.09. The third kappa shape index (κ3) is 2.15. The summed E-state index contributed by atoms with van der Waals surface area (Å²) in [5.41, 5.74) is 7.31. The largest absolute Gasteiger partial charge is 0.323 e. The van der Waals surface area contributed by atoms with Crippen LogP contribution < -0.4 is 5.73 Å². The van der Waals surface area contributed by atoms with Gasteiger partial charge in [-0.2, -0.15) is 0 Å². The maximum Gasteiger partial charge on any atom is 0.194 e. The molecule has 0 spiro atoms. The van der Waals surface area contributed by atoms with Crippen LogP contribution in [0.5, 0.6) is 0 Å². The molecule has 1 aromatic heterocycles. The summed E-state index contributed by atoms with van der Waals surface area (Å²) in [5, 5.41) is 2.00. The summed E-state index contributed by atoms with van der Waals surface area (Å²) in [5.74, 6) is -3.83. The predicted molar refractivity (Wildman–Crippen MR) is 73.2 cm³/mol. The molecule has 2 unspecified atom stereocenters. The Morgan fingerprint density at radius 1 is 1.15 bits per heavy atom. The first kappa shape index (κ1) is 13.6. The smallest absolute Gasteiger partial charge is 0.194 e. The van der Waals surface area contributed by atoms with E-state index in [0.717, 1.165) is 30.9 Å². The number of hydrogen-bond acceptors (Lipinski definition) is 2. The molecule has 1 aliphatic rings. The van der Waals surface area contributed by atoms with Crippen molar-refractivity contribution in [2.45, 2.75) is 31.2 Å². The first-order chi connectivity index (χ1) is 9.59. The molecule has 1 heterocycles. The van der Waals surface area contributed by atoms with Gasteiger partial charge in [0.1, 0.15) is 0 Å². The maximum atomic E-state index is 13.9. The van der Waals surface area contributed by atoms with Gasteiger partial charge in [-0.3, -0.25) is 0 Å². The van der Waals surface area contributed by atoms with E-state index in [2.05, 4.69) is 0 Å². The third-order valence-electron chi connectivity index (χ3n) is 3.96. The quantitative estimate of drug-likeness (QED) is 0.822. The van der Waals surface area contributed by atoms with Crippen molar-refractivity contribution in [3.05, 3.63) is 57.0 Å². The lowest BCUT2D eigenvalue weighted by molar-refractivity contribution is 0.416. The van der Waals surface area contributed by atoms with Crippen molar-refractivity contribution < 1.29 is 13.2 Å². The highest BCUT2D eigenvalue weighted by Crippen LogP contribution is 2.42. The van der Waals surface area contributed by atoms with E-state index in [1.54, 1.807) is 11.3 Å². The zero-order valence-electron chi connectivity index (χ0n) is 10.7. The summed E-state index contributed by atoms with van der Waals surface area (Å²) in [6, 6.07) is 3.53. The van der Waals surface area contributed by atoms with Gasteiger partial charge in [0.2, 0.25) is 0 Å². The Kier molecular flexibility index (Phi) is 3.56. The molecule has 1 nitrogen and oxygen atoms in total. The molecule has 3 rings (SSSR count). The van der Waals surface area contributed by atoms with Crippen LogP contribution in [0.2, 0.25) is 0 Å². The van der Waals surface area contributed by atoms with E-state index in [-0.39, 0.29) is 11.5 Å². The van der Waals surface area contributed by atoms with Crippen LogP contribution in [0.1, 0.15) is 40.8 Å². The molecule has 0 saturated carbocycles. The summed E-state index contributed by atoms with van der Waals surface area (Å²) in [7, 11) is 0. The Bertz CT molecular complexity index is 638. The number of benzene rings is 1. The van der Waals surface area contributed by atoms with Crippen molar-refractivity contribution >= 4 is 11.3 Å². The zero-order chi connectivity index (χ0) is 14.3. The van der Waals surface area contributed by atoms with Crippen molar-refractivity contribution in [2.75, 3.05) is 0 Å². The lowest BCUT2D eigenvalue weighted by Gasteiger charge is -2.28. The van der Waals surface area contributed by atoms with E-state index >= 15 is 0 Å². The summed E-state index contributed by atoms with van der Waals surface area (Å²) >= 11 is 1.67. The molecule has 2 aromatic rings. The predicted octanol–water partition coefficient (Wildman–Crippen LogP) is 4.29. The standard InChI is InChI=1S/C15H14F3NS/c16-11-5-4-10(13(17)14(11)18)15(19)9-2-1-3-12-8(9)6-7-20-12/h4-7,9,15H,1-3,19H2. The molecule has 0 saturated heterocycles. The average molecular weight is 297 g/mol. The van der Waals surface area contributed by atoms with E-state index < -0.39 is 23.5 Å². The number of aryl methyl sites for hydroxylation is 1. The van der Waals surface area contributed by atoms with Crippen molar-refractivity contribution in [1.29, 1.82) is 0 Å². The Morgan fingerprint density at radius 3 is 2.75 bits per heavy atom. The number of hydrogen-bond donors (Lipinski definition) is 1. The fourth-order valence-corrected chi connectivity index (χ4v) is 3.91. The first-order valence-electron chi connectivity index (χ1n) is 6.55. The topological polar surface area (TPSA) is 26.0 Å². The molecule has 0 amide bonds. The monoisotopic (exact) mass is 297 g/mol. The van der Waals surface area contributed by atoms with Gasteiger partial charge in [0, 0.05) is 22.4 Å². The van der Waals surface area contributed by atoms with Crippen molar-refractivity contribution in [3.63, 3.8) is 0 Å². The summed E-state index contributed by atoms with van der Waals surface area (Å²) < 4.78 is 40.2. The van der Waals surface area contributed by atoms with Crippen LogP contribution in [0.4, 0.5) is 13.2 Å². The molecule has 0 bridgehead atoms. The van der Waals surface area contributed by atoms with Gasteiger partial charge in [-0.15, -0.1) is 11.3 Å². The van der Waals surface area contributed by atoms with Crippen LogP contribution in [-0.2, 0) is 6.42 Å². The fourth-order valence-electron chi connectivity index (χ4n) is 2.91. The van der Waals surface area contributed by atoms with Crippen LogP contribution in [0, 0.1) is 17.5 Å². The van der Waals surface area contributed by atoms with Crippen LogP contribution >= 0.6 is 11.3 Å². The average Bonchev–Trinajstić information content (AvgIpc) is 2.92. The molecule has 2 atom stereocenters. The van der Waals surface area contributed by atoms with E-state index in [1.165, 1.54) is 10.9 Å². The van der Waals surface area contributed by atoms with Gasteiger partial charge < -0.3 is 5.73 Å². The molecule has 0 radical (unpaired) electrons. The molecule has 2 N–H and O–H groups in total. The van der Waals surface area contributed by atoms with Gasteiger partial charge in [-0.1, -0.05) is 6.07 Å². The van der Waals surface area contributed by atoms with Crippen LogP contribution in [-0.4, -0.2) is 0 Å². The highest BCUT2D eigenvalue weighted by atomic mass is 32.1. The zero-order valence-corrected chi connectivity index (χ0v) is 11.5. The minimum Gasteiger partial charge on any atom is -0.323 e. The van der Waals surface area contributed by atoms with Gasteiger partial charge in [-0.05, 0) is 42.3 Å². The number of halogens is 3. The molecule has 0 fully saturated rings. The molecule has 1 aliphatic carbocycles. The number of thiophene rings is 1. The second kappa shape index (κ2) is 5.22. The number of nitrogens with two attached hydrogens (primary N) is 1. The molecule has 0 aliphatic heterocycles. The number of fused-ring (bicyclic) bond motifs is 1. The van der Waals surface area contributed by atoms with Gasteiger partial charge in [0.15, 0.2) is 17.5 Å². The highest BCUT2D eigenvalue weighted by Gasteiger charge is 2.30. The van der Waals surface area contributed by atoms with Crippen LogP contribution in [0.3, 0.4) is 0 Å². The fraction of sp³-hybridized carbons (Fsp3) is 0.333. The van der Waals surface area contributed by atoms with E-state index in [4.69, 9.17) is 5.73 Å². The maximum absolute atomic E-state index is 13.9. The van der Waals surface area contributed by atoms with Crippen LogP contribution in [0.25, 0.3) is 0 Å². The summed E-state index contributed by atoms with van der Waals surface area (Å²) in [4.78, 5) is 1.26. The normalized spacial score (nSPS) is 19.7. The van der Waals surface area contributed by atoms with Crippen molar-refractivity contribution in [1.82, 2.24) is 0 Å². The SMILES string of the molecule is NC(c1ccc(F)c(F)c1F)C1CCCc2sccc21. The molecular weight excluding hydrogens is 283 g/mol. The van der Waals surface area contributed by atoms with Crippen LogP contribution in [0.15, 0.2) is 23.6 Å².